The van der Waals surface area contributed by atoms with Gasteiger partial charge < -0.3 is 15.8 Å². The first-order valence-corrected chi connectivity index (χ1v) is 10.8. The van der Waals surface area contributed by atoms with E-state index in [2.05, 4.69) is 5.32 Å². The highest BCUT2D eigenvalue weighted by Crippen LogP contribution is 2.34. The molecule has 1 amide bonds. The Balaban J connectivity index is 1.76. The molecule has 0 saturated heterocycles. The Morgan fingerprint density at radius 2 is 1.77 bits per heavy atom. The molecule has 2 aromatic heterocycles. The summed E-state index contributed by atoms with van der Waals surface area (Å²) in [5, 5.41) is 3.15. The molecule has 0 atom stereocenters. The van der Waals surface area contributed by atoms with Gasteiger partial charge in [-0.25, -0.2) is 9.97 Å². The number of nitrogens with two attached hydrogens (primary N) is 1. The molecule has 7 nitrogen and oxygen atoms in total. The van der Waals surface area contributed by atoms with Crippen LogP contribution in [-0.4, -0.2) is 33.1 Å². The number of carbonyl (C=O) groups excluding carboxylic acids is 1. The summed E-state index contributed by atoms with van der Waals surface area (Å²) >= 11 is 0. The number of aromatic nitrogens is 3. The van der Waals surface area contributed by atoms with Crippen LogP contribution in [0.25, 0.3) is 27.9 Å². The number of ether oxygens (including phenoxy) is 1. The van der Waals surface area contributed by atoms with E-state index in [1.807, 2.05) is 55.5 Å². The number of rotatable bonds is 5. The largest absolute Gasteiger partial charge is 0.492 e. The van der Waals surface area contributed by atoms with Crippen LogP contribution >= 0.6 is 0 Å². The van der Waals surface area contributed by atoms with Crippen LogP contribution in [0.2, 0.25) is 0 Å². The fraction of sp³-hybridized carbons (Fsp3) is 0.292. The van der Waals surface area contributed by atoms with Gasteiger partial charge in [-0.2, -0.15) is 0 Å². The number of anilines is 1. The monoisotopic (exact) mass is 415 g/mol. The Morgan fingerprint density at radius 1 is 1.10 bits per heavy atom. The Kier molecular flexibility index (Phi) is 4.94. The standard InChI is InChI=1S/C24H25N5O2/c1-2-31-19-14-8-7-13-18(19)29-22(25)20(24(30)26-15-9-3-4-10-15)21-23(29)28-17-12-6-5-11-16(17)27-21/h5-8,11-15H,2-4,9-10,25H2,1H3,(H,26,30). The predicted octanol–water partition coefficient (Wildman–Crippen LogP) is 4.23. The number of hydrogen-bond donors (Lipinski definition) is 2. The molecule has 1 saturated carbocycles. The first-order chi connectivity index (χ1) is 15.2. The van der Waals surface area contributed by atoms with Gasteiger partial charge in [0.2, 0.25) is 0 Å². The predicted molar refractivity (Wildman–Crippen MR) is 122 cm³/mol. The van der Waals surface area contributed by atoms with Crippen molar-refractivity contribution in [3.63, 3.8) is 0 Å². The van der Waals surface area contributed by atoms with Crippen molar-refractivity contribution in [2.75, 3.05) is 12.3 Å². The summed E-state index contributed by atoms with van der Waals surface area (Å²) in [4.78, 5) is 23.0. The topological polar surface area (TPSA) is 95.1 Å². The lowest BCUT2D eigenvalue weighted by atomic mass is 10.2. The fourth-order valence-electron chi connectivity index (χ4n) is 4.38. The van der Waals surface area contributed by atoms with Gasteiger partial charge in [0.05, 0.1) is 23.3 Å². The van der Waals surface area contributed by atoms with E-state index in [4.69, 9.17) is 20.4 Å². The molecule has 5 rings (SSSR count). The first kappa shape index (κ1) is 19.4. The second-order valence-corrected chi connectivity index (χ2v) is 7.84. The molecule has 0 aliphatic heterocycles. The number of nitrogens with one attached hydrogen (secondary N) is 1. The van der Waals surface area contributed by atoms with Crippen molar-refractivity contribution in [3.05, 3.63) is 54.1 Å². The molecule has 158 valence electrons. The Hall–Kier alpha value is -3.61. The maximum Gasteiger partial charge on any atom is 0.257 e. The van der Waals surface area contributed by atoms with Crippen LogP contribution in [0.15, 0.2) is 48.5 Å². The second kappa shape index (κ2) is 7.91. The van der Waals surface area contributed by atoms with Gasteiger partial charge in [0.15, 0.2) is 5.65 Å². The smallest absolute Gasteiger partial charge is 0.257 e. The maximum atomic E-state index is 13.3. The summed E-state index contributed by atoms with van der Waals surface area (Å²) < 4.78 is 7.62. The van der Waals surface area contributed by atoms with Crippen molar-refractivity contribution in [2.24, 2.45) is 0 Å². The quantitative estimate of drug-likeness (QED) is 0.509. The normalized spacial score (nSPS) is 14.4. The van der Waals surface area contributed by atoms with Gasteiger partial charge in [0.1, 0.15) is 22.6 Å². The van der Waals surface area contributed by atoms with Crippen LogP contribution in [-0.2, 0) is 0 Å². The van der Waals surface area contributed by atoms with Crippen molar-refractivity contribution >= 4 is 33.9 Å². The molecule has 0 bridgehead atoms. The van der Waals surface area contributed by atoms with Gasteiger partial charge in [-0.05, 0) is 44.0 Å². The minimum Gasteiger partial charge on any atom is -0.492 e. The number of benzene rings is 2. The lowest BCUT2D eigenvalue weighted by Crippen LogP contribution is -2.33. The van der Waals surface area contributed by atoms with Crippen LogP contribution in [0.4, 0.5) is 5.82 Å². The summed E-state index contributed by atoms with van der Waals surface area (Å²) in [6, 6.07) is 15.4. The van der Waals surface area contributed by atoms with E-state index in [9.17, 15) is 4.79 Å². The Labute approximate surface area is 180 Å². The zero-order valence-corrected chi connectivity index (χ0v) is 17.5. The average Bonchev–Trinajstić information content (AvgIpc) is 3.38. The van der Waals surface area contributed by atoms with E-state index in [0.717, 1.165) is 42.4 Å². The summed E-state index contributed by atoms with van der Waals surface area (Å²) in [7, 11) is 0. The second-order valence-electron chi connectivity index (χ2n) is 7.84. The van der Waals surface area contributed by atoms with Gasteiger partial charge in [-0.3, -0.25) is 9.36 Å². The SMILES string of the molecule is CCOc1ccccc1-n1c(N)c(C(=O)NC2CCCC2)c2nc3ccccc3nc21. The number of para-hydroxylation sites is 4. The molecule has 1 aliphatic rings. The van der Waals surface area contributed by atoms with E-state index in [-0.39, 0.29) is 11.9 Å². The van der Waals surface area contributed by atoms with Crippen molar-refractivity contribution in [1.29, 1.82) is 0 Å². The highest BCUT2D eigenvalue weighted by Gasteiger charge is 2.28. The minimum atomic E-state index is -0.202. The summed E-state index contributed by atoms with van der Waals surface area (Å²) in [5.41, 5.74) is 10.2. The zero-order chi connectivity index (χ0) is 21.4. The molecule has 1 fully saturated rings. The molecular formula is C24H25N5O2. The third-order valence-electron chi connectivity index (χ3n) is 5.82. The van der Waals surface area contributed by atoms with Gasteiger partial charge in [0.25, 0.3) is 5.91 Å². The average molecular weight is 415 g/mol. The highest BCUT2D eigenvalue weighted by atomic mass is 16.5. The molecule has 0 unspecified atom stereocenters. The number of fused-ring (bicyclic) bond motifs is 2. The summed E-state index contributed by atoms with van der Waals surface area (Å²) in [6.07, 6.45) is 4.25. The molecule has 2 aromatic carbocycles. The number of hydrogen-bond acceptors (Lipinski definition) is 5. The van der Waals surface area contributed by atoms with E-state index in [1.165, 1.54) is 0 Å². The third-order valence-corrected chi connectivity index (χ3v) is 5.82. The van der Waals surface area contributed by atoms with Crippen molar-refractivity contribution in [2.45, 2.75) is 38.6 Å². The highest BCUT2D eigenvalue weighted by molar-refractivity contribution is 6.11. The van der Waals surface area contributed by atoms with Crippen LogP contribution in [0, 0.1) is 0 Å². The molecule has 1 aliphatic carbocycles. The van der Waals surface area contributed by atoms with E-state index in [0.29, 0.717) is 34.9 Å². The van der Waals surface area contributed by atoms with Crippen LogP contribution < -0.4 is 15.8 Å². The molecule has 31 heavy (non-hydrogen) atoms. The van der Waals surface area contributed by atoms with E-state index >= 15 is 0 Å². The number of amides is 1. The van der Waals surface area contributed by atoms with E-state index < -0.39 is 0 Å². The van der Waals surface area contributed by atoms with E-state index in [1.54, 1.807) is 4.57 Å². The van der Waals surface area contributed by atoms with Gasteiger partial charge in [-0.1, -0.05) is 37.1 Å². The maximum absolute atomic E-state index is 13.3. The minimum absolute atomic E-state index is 0.175. The fourth-order valence-corrected chi connectivity index (χ4v) is 4.38. The molecule has 0 spiro atoms. The van der Waals surface area contributed by atoms with Gasteiger partial charge in [-0.15, -0.1) is 0 Å². The number of carbonyl (C=O) groups is 1. The third kappa shape index (κ3) is 3.36. The first-order valence-electron chi connectivity index (χ1n) is 10.8. The molecule has 7 heteroatoms. The van der Waals surface area contributed by atoms with Gasteiger partial charge in [0, 0.05) is 6.04 Å². The summed E-state index contributed by atoms with van der Waals surface area (Å²) in [6.45, 7) is 2.45. The van der Waals surface area contributed by atoms with Crippen molar-refractivity contribution < 1.29 is 9.53 Å². The number of nitrogens with zero attached hydrogens (tertiary/aromatic N) is 3. The van der Waals surface area contributed by atoms with Gasteiger partial charge >= 0.3 is 0 Å². The molecule has 4 aromatic rings. The lowest BCUT2D eigenvalue weighted by molar-refractivity contribution is 0.0940. The summed E-state index contributed by atoms with van der Waals surface area (Å²) in [5.74, 6) is 0.783. The molecule has 3 N–H and O–H groups in total. The number of nitrogen functional groups attached to an aromatic ring is 1. The molecule has 2 heterocycles. The van der Waals surface area contributed by atoms with Crippen LogP contribution in [0.5, 0.6) is 5.75 Å². The van der Waals surface area contributed by atoms with Crippen molar-refractivity contribution in [1.82, 2.24) is 19.9 Å². The zero-order valence-electron chi connectivity index (χ0n) is 17.5. The van der Waals surface area contributed by atoms with Crippen LogP contribution in [0.1, 0.15) is 43.0 Å². The Morgan fingerprint density at radius 3 is 2.52 bits per heavy atom. The Bertz CT molecular complexity index is 1270. The molecular weight excluding hydrogens is 390 g/mol. The lowest BCUT2D eigenvalue weighted by Gasteiger charge is -2.14. The molecule has 0 radical (unpaired) electrons. The van der Waals surface area contributed by atoms with Crippen LogP contribution in [0.3, 0.4) is 0 Å². The van der Waals surface area contributed by atoms with Crippen molar-refractivity contribution in [3.8, 4) is 11.4 Å².